The molecule has 2 aromatic carbocycles. The summed E-state index contributed by atoms with van der Waals surface area (Å²) in [6.07, 6.45) is 2.48. The number of benzene rings is 2. The maximum absolute atomic E-state index is 11.6. The summed E-state index contributed by atoms with van der Waals surface area (Å²) in [5.41, 5.74) is 1.80. The molecule has 126 valence electrons. The molecule has 0 aromatic heterocycles. The maximum atomic E-state index is 11.6. The van der Waals surface area contributed by atoms with Gasteiger partial charge in [0.2, 0.25) is 0 Å². The SMILES string of the molecule is C=CCC1(O)[C@H](C)[C@@H](c2ccccc2)[NH2+][C@H](c2ccccc2)[C@@H]1C. The molecule has 1 unspecified atom stereocenters. The van der Waals surface area contributed by atoms with Crippen molar-refractivity contribution in [1.29, 1.82) is 0 Å². The normalized spacial score (nSPS) is 33.1. The van der Waals surface area contributed by atoms with Gasteiger partial charge in [0.15, 0.2) is 0 Å². The standard InChI is InChI=1S/C22H27NO/c1-4-15-22(24)16(2)20(18-11-7-5-8-12-18)23-21(17(22)3)19-13-9-6-10-14-19/h4-14,16-17,20-21,23-24H,1,15H2,2-3H3/p+1/t16-,17+,20-,21-,22?/m0/s1. The quantitative estimate of drug-likeness (QED) is 0.829. The molecule has 0 bridgehead atoms. The molecule has 0 aliphatic carbocycles. The smallest absolute Gasteiger partial charge is 0.117 e. The van der Waals surface area contributed by atoms with E-state index in [1.807, 2.05) is 18.2 Å². The van der Waals surface area contributed by atoms with Crippen molar-refractivity contribution in [3.63, 3.8) is 0 Å². The lowest BCUT2D eigenvalue weighted by atomic mass is 9.65. The van der Waals surface area contributed by atoms with Crippen molar-refractivity contribution in [2.24, 2.45) is 11.8 Å². The van der Waals surface area contributed by atoms with E-state index in [1.165, 1.54) is 11.1 Å². The Morgan fingerprint density at radius 3 is 1.71 bits per heavy atom. The van der Waals surface area contributed by atoms with E-state index in [2.05, 4.69) is 74.3 Å². The van der Waals surface area contributed by atoms with Crippen molar-refractivity contribution in [3.8, 4) is 0 Å². The Balaban J connectivity index is 2.03. The van der Waals surface area contributed by atoms with E-state index in [1.54, 1.807) is 0 Å². The summed E-state index contributed by atoms with van der Waals surface area (Å²) in [5.74, 6) is 0.292. The first-order valence-electron chi connectivity index (χ1n) is 8.86. The van der Waals surface area contributed by atoms with Crippen LogP contribution < -0.4 is 5.32 Å². The predicted octanol–water partition coefficient (Wildman–Crippen LogP) is 3.63. The van der Waals surface area contributed by atoms with Gasteiger partial charge < -0.3 is 10.4 Å². The fraction of sp³-hybridized carbons (Fsp3) is 0.364. The molecule has 2 heteroatoms. The number of rotatable bonds is 4. The largest absolute Gasteiger partial charge is 0.388 e. The van der Waals surface area contributed by atoms with E-state index in [0.29, 0.717) is 6.42 Å². The van der Waals surface area contributed by atoms with E-state index in [4.69, 9.17) is 0 Å². The molecule has 1 saturated heterocycles. The molecule has 5 atom stereocenters. The number of hydrogen-bond donors (Lipinski definition) is 2. The topological polar surface area (TPSA) is 36.8 Å². The second kappa shape index (κ2) is 6.92. The van der Waals surface area contributed by atoms with Gasteiger partial charge in [0.05, 0.1) is 5.60 Å². The number of hydrogen-bond acceptors (Lipinski definition) is 1. The van der Waals surface area contributed by atoms with Crippen molar-refractivity contribution in [2.75, 3.05) is 0 Å². The van der Waals surface area contributed by atoms with E-state index in [9.17, 15) is 5.11 Å². The Hall–Kier alpha value is -1.90. The van der Waals surface area contributed by atoms with Crippen LogP contribution in [-0.2, 0) is 0 Å². The summed E-state index contributed by atoms with van der Waals surface area (Å²) in [6, 6.07) is 21.6. The highest BCUT2D eigenvalue weighted by molar-refractivity contribution is 5.24. The highest BCUT2D eigenvalue weighted by Gasteiger charge is 2.53. The molecule has 0 amide bonds. The van der Waals surface area contributed by atoms with Crippen LogP contribution >= 0.6 is 0 Å². The molecule has 3 rings (SSSR count). The molecular weight excluding hydrogens is 294 g/mol. The molecule has 2 aromatic rings. The van der Waals surface area contributed by atoms with Crippen LogP contribution in [0.1, 0.15) is 43.5 Å². The molecule has 0 radical (unpaired) electrons. The van der Waals surface area contributed by atoms with Gasteiger partial charge in [0.25, 0.3) is 0 Å². The van der Waals surface area contributed by atoms with Gasteiger partial charge in [0.1, 0.15) is 12.1 Å². The molecule has 0 saturated carbocycles. The van der Waals surface area contributed by atoms with Gasteiger partial charge in [-0.25, -0.2) is 0 Å². The molecule has 0 spiro atoms. The third-order valence-corrected chi connectivity index (χ3v) is 5.91. The summed E-state index contributed by atoms with van der Waals surface area (Å²) < 4.78 is 0. The monoisotopic (exact) mass is 322 g/mol. The summed E-state index contributed by atoms with van der Waals surface area (Å²) in [6.45, 7) is 8.25. The van der Waals surface area contributed by atoms with E-state index < -0.39 is 5.60 Å². The van der Waals surface area contributed by atoms with Crippen LogP contribution in [0, 0.1) is 11.8 Å². The van der Waals surface area contributed by atoms with Gasteiger partial charge in [0, 0.05) is 23.0 Å². The van der Waals surface area contributed by atoms with E-state index in [-0.39, 0.29) is 23.9 Å². The number of piperidine rings is 1. The summed E-state index contributed by atoms with van der Waals surface area (Å²) in [5, 5.41) is 14.0. The Labute approximate surface area is 145 Å². The third kappa shape index (κ3) is 2.92. The first-order chi connectivity index (χ1) is 11.6. The molecule has 24 heavy (non-hydrogen) atoms. The minimum atomic E-state index is -0.752. The van der Waals surface area contributed by atoms with Crippen molar-refractivity contribution < 1.29 is 10.4 Å². The van der Waals surface area contributed by atoms with Crippen molar-refractivity contribution in [3.05, 3.63) is 84.4 Å². The van der Waals surface area contributed by atoms with E-state index in [0.717, 1.165) is 0 Å². The first kappa shape index (κ1) is 16.9. The summed E-state index contributed by atoms with van der Waals surface area (Å²) in [7, 11) is 0. The number of nitrogens with two attached hydrogens (primary N) is 1. The molecular formula is C22H28NO+. The molecule has 1 heterocycles. The summed E-state index contributed by atoms with van der Waals surface area (Å²) in [4.78, 5) is 0. The Morgan fingerprint density at radius 1 is 0.917 bits per heavy atom. The lowest BCUT2D eigenvalue weighted by molar-refractivity contribution is -0.764. The maximum Gasteiger partial charge on any atom is 0.117 e. The van der Waals surface area contributed by atoms with Gasteiger partial charge in [-0.3, -0.25) is 0 Å². The lowest BCUT2D eigenvalue weighted by Crippen LogP contribution is -2.93. The van der Waals surface area contributed by atoms with Gasteiger partial charge in [-0.15, -0.1) is 6.58 Å². The fourth-order valence-corrected chi connectivity index (χ4v) is 4.35. The highest BCUT2D eigenvalue weighted by Crippen LogP contribution is 2.44. The first-order valence-corrected chi connectivity index (χ1v) is 8.86. The Bertz CT molecular complexity index is 615. The minimum Gasteiger partial charge on any atom is -0.388 e. The van der Waals surface area contributed by atoms with Crippen molar-refractivity contribution in [1.82, 2.24) is 0 Å². The van der Waals surface area contributed by atoms with Crippen LogP contribution in [-0.4, -0.2) is 10.7 Å². The van der Waals surface area contributed by atoms with Crippen LogP contribution in [0.15, 0.2) is 73.3 Å². The van der Waals surface area contributed by atoms with E-state index >= 15 is 0 Å². The van der Waals surface area contributed by atoms with Gasteiger partial charge >= 0.3 is 0 Å². The predicted molar refractivity (Wildman–Crippen MR) is 98.4 cm³/mol. The zero-order valence-electron chi connectivity index (χ0n) is 14.6. The van der Waals surface area contributed by atoms with Crippen molar-refractivity contribution in [2.45, 2.75) is 38.0 Å². The van der Waals surface area contributed by atoms with Gasteiger partial charge in [-0.05, 0) is 6.42 Å². The third-order valence-electron chi connectivity index (χ3n) is 5.91. The molecule has 1 fully saturated rings. The van der Waals surface area contributed by atoms with Crippen LogP contribution in [0.25, 0.3) is 0 Å². The van der Waals surface area contributed by atoms with Crippen LogP contribution in [0.3, 0.4) is 0 Å². The fourth-order valence-electron chi connectivity index (χ4n) is 4.35. The van der Waals surface area contributed by atoms with Crippen LogP contribution in [0.4, 0.5) is 0 Å². The lowest BCUT2D eigenvalue weighted by Gasteiger charge is -2.49. The molecule has 1 aliphatic heterocycles. The zero-order valence-corrected chi connectivity index (χ0v) is 14.6. The molecule has 1 aliphatic rings. The molecule has 2 nitrogen and oxygen atoms in total. The van der Waals surface area contributed by atoms with Crippen LogP contribution in [0.2, 0.25) is 0 Å². The summed E-state index contributed by atoms with van der Waals surface area (Å²) >= 11 is 0. The number of quaternary nitrogens is 1. The van der Waals surface area contributed by atoms with Gasteiger partial charge in [-0.2, -0.15) is 0 Å². The minimum absolute atomic E-state index is 0.146. The van der Waals surface area contributed by atoms with Gasteiger partial charge in [-0.1, -0.05) is 80.6 Å². The Kier molecular flexibility index (Phi) is 4.88. The zero-order chi connectivity index (χ0) is 17.2. The second-order valence-corrected chi connectivity index (χ2v) is 7.13. The second-order valence-electron chi connectivity index (χ2n) is 7.13. The van der Waals surface area contributed by atoms with Crippen LogP contribution in [0.5, 0.6) is 0 Å². The average molecular weight is 322 g/mol. The van der Waals surface area contributed by atoms with Crippen molar-refractivity contribution >= 4 is 0 Å². The average Bonchev–Trinajstić information content (AvgIpc) is 2.62. The molecule has 3 N–H and O–H groups in total. The Morgan fingerprint density at radius 2 is 1.33 bits per heavy atom. The number of aliphatic hydroxyl groups is 1. The highest BCUT2D eigenvalue weighted by atomic mass is 16.3.